The van der Waals surface area contributed by atoms with E-state index >= 15 is 0 Å². The largest absolute Gasteiger partial charge is 0.379 e. The average Bonchev–Trinajstić information content (AvgIpc) is 2.70. The van der Waals surface area contributed by atoms with E-state index in [0.717, 1.165) is 6.61 Å². The van der Waals surface area contributed by atoms with Crippen molar-refractivity contribution in [1.29, 1.82) is 0 Å². The molecule has 156 valence electrons. The second-order valence-corrected chi connectivity index (χ2v) is 7.92. The first-order valence-electron chi connectivity index (χ1n) is 11.6. The molecule has 0 aliphatic heterocycles. The minimum Gasteiger partial charge on any atom is -0.379 e. The van der Waals surface area contributed by atoms with Gasteiger partial charge >= 0.3 is 0 Å². The Balaban J connectivity index is 1.76. The third-order valence-electron chi connectivity index (χ3n) is 5.12. The number of ether oxygens (including phenoxy) is 2. The van der Waals surface area contributed by atoms with E-state index in [0.29, 0.717) is 13.2 Å². The van der Waals surface area contributed by atoms with Crippen molar-refractivity contribution in [3.63, 3.8) is 0 Å². The van der Waals surface area contributed by atoms with Crippen LogP contribution in [0.2, 0.25) is 0 Å². The lowest BCUT2D eigenvalue weighted by atomic mass is 10.0. The quantitative estimate of drug-likeness (QED) is 0.230. The molecule has 0 fully saturated rings. The van der Waals surface area contributed by atoms with Crippen molar-refractivity contribution in [2.24, 2.45) is 0 Å². The highest BCUT2D eigenvalue weighted by Gasteiger charge is 2.03. The molecule has 0 aromatic heterocycles. The van der Waals surface area contributed by atoms with Gasteiger partial charge in [0.15, 0.2) is 0 Å². The summed E-state index contributed by atoms with van der Waals surface area (Å²) in [6.45, 7) is 6.62. The van der Waals surface area contributed by atoms with Crippen molar-refractivity contribution in [3.05, 3.63) is 35.9 Å². The van der Waals surface area contributed by atoms with Crippen LogP contribution in [0, 0.1) is 0 Å². The molecule has 1 atom stereocenters. The Morgan fingerprint density at radius 2 is 1.22 bits per heavy atom. The van der Waals surface area contributed by atoms with E-state index in [1.54, 1.807) is 0 Å². The maximum Gasteiger partial charge on any atom is 0.0785 e. The molecule has 0 saturated carbocycles. The zero-order valence-electron chi connectivity index (χ0n) is 18.1. The zero-order valence-corrected chi connectivity index (χ0v) is 18.1. The normalized spacial score (nSPS) is 12.4. The molecule has 1 rings (SSSR count). The highest BCUT2D eigenvalue weighted by molar-refractivity contribution is 5.13. The first kappa shape index (κ1) is 24.2. The number of benzene rings is 1. The van der Waals surface area contributed by atoms with Crippen molar-refractivity contribution in [3.8, 4) is 0 Å². The minimum atomic E-state index is 0.159. The van der Waals surface area contributed by atoms with Gasteiger partial charge in [0.25, 0.3) is 0 Å². The Morgan fingerprint density at radius 1 is 0.704 bits per heavy atom. The monoisotopic (exact) mass is 376 g/mol. The summed E-state index contributed by atoms with van der Waals surface area (Å²) in [7, 11) is 0. The van der Waals surface area contributed by atoms with E-state index < -0.39 is 0 Å². The van der Waals surface area contributed by atoms with E-state index in [4.69, 9.17) is 9.47 Å². The molecule has 1 unspecified atom stereocenters. The van der Waals surface area contributed by atoms with E-state index in [1.165, 1.54) is 89.0 Å². The molecule has 0 bridgehead atoms. The fourth-order valence-electron chi connectivity index (χ4n) is 3.33. The standard InChI is InChI=1S/C25H44O2/c1-3-4-5-6-7-8-9-10-11-12-13-14-18-21-26-22-24(2)27-23-25-19-16-15-17-20-25/h15-17,19-20,24H,3-14,18,21-23H2,1-2H3. The zero-order chi connectivity index (χ0) is 19.4. The summed E-state index contributed by atoms with van der Waals surface area (Å²) in [5.41, 5.74) is 1.22. The minimum absolute atomic E-state index is 0.159. The van der Waals surface area contributed by atoms with Gasteiger partial charge in [0.1, 0.15) is 0 Å². The van der Waals surface area contributed by atoms with Gasteiger partial charge < -0.3 is 9.47 Å². The number of rotatable bonds is 19. The smallest absolute Gasteiger partial charge is 0.0785 e. The molecule has 0 aliphatic rings. The lowest BCUT2D eigenvalue weighted by Crippen LogP contribution is -2.16. The van der Waals surface area contributed by atoms with Gasteiger partial charge in [0.05, 0.1) is 19.3 Å². The van der Waals surface area contributed by atoms with Crippen LogP contribution >= 0.6 is 0 Å². The van der Waals surface area contributed by atoms with Gasteiger partial charge in [-0.15, -0.1) is 0 Å². The molecular formula is C25H44O2. The van der Waals surface area contributed by atoms with Crippen molar-refractivity contribution in [2.75, 3.05) is 13.2 Å². The van der Waals surface area contributed by atoms with E-state index in [9.17, 15) is 0 Å². The maximum atomic E-state index is 5.82. The number of hydrogen-bond donors (Lipinski definition) is 0. The lowest BCUT2D eigenvalue weighted by molar-refractivity contribution is -0.0155. The summed E-state index contributed by atoms with van der Waals surface area (Å²) in [6.07, 6.45) is 18.2. The van der Waals surface area contributed by atoms with Crippen LogP contribution in [0.25, 0.3) is 0 Å². The topological polar surface area (TPSA) is 18.5 Å². The van der Waals surface area contributed by atoms with Crippen LogP contribution < -0.4 is 0 Å². The molecule has 0 heterocycles. The summed E-state index contributed by atoms with van der Waals surface area (Å²) in [5, 5.41) is 0. The molecule has 0 saturated heterocycles. The predicted octanol–water partition coefficient (Wildman–Crippen LogP) is 7.70. The summed E-state index contributed by atoms with van der Waals surface area (Å²) in [5.74, 6) is 0. The molecule has 0 N–H and O–H groups in total. The molecule has 0 amide bonds. The van der Waals surface area contributed by atoms with Gasteiger partial charge in [-0.1, -0.05) is 114 Å². The van der Waals surface area contributed by atoms with Gasteiger partial charge in [0.2, 0.25) is 0 Å². The molecule has 0 radical (unpaired) electrons. The Labute approximate surface area is 169 Å². The van der Waals surface area contributed by atoms with Crippen LogP contribution in [0.3, 0.4) is 0 Å². The van der Waals surface area contributed by atoms with E-state index in [2.05, 4.69) is 38.1 Å². The third kappa shape index (κ3) is 15.9. The van der Waals surface area contributed by atoms with E-state index in [1.807, 2.05) is 6.07 Å². The molecule has 1 aromatic carbocycles. The second kappa shape index (κ2) is 18.5. The van der Waals surface area contributed by atoms with Crippen LogP contribution in [-0.4, -0.2) is 19.3 Å². The van der Waals surface area contributed by atoms with Crippen molar-refractivity contribution in [1.82, 2.24) is 0 Å². The van der Waals surface area contributed by atoms with Crippen molar-refractivity contribution >= 4 is 0 Å². The summed E-state index contributed by atoms with van der Waals surface area (Å²) in [4.78, 5) is 0. The number of hydrogen-bond acceptors (Lipinski definition) is 2. The predicted molar refractivity (Wildman–Crippen MR) is 117 cm³/mol. The third-order valence-corrected chi connectivity index (χ3v) is 5.12. The molecule has 2 heteroatoms. The average molecular weight is 377 g/mol. The van der Waals surface area contributed by atoms with Crippen LogP contribution in [0.5, 0.6) is 0 Å². The Kier molecular flexibility index (Phi) is 16.6. The van der Waals surface area contributed by atoms with Crippen LogP contribution in [0.15, 0.2) is 30.3 Å². The first-order valence-corrected chi connectivity index (χ1v) is 11.6. The van der Waals surface area contributed by atoms with Crippen molar-refractivity contribution in [2.45, 2.75) is 110 Å². The fraction of sp³-hybridized carbons (Fsp3) is 0.760. The number of unbranched alkanes of at least 4 members (excludes halogenated alkanes) is 12. The fourth-order valence-corrected chi connectivity index (χ4v) is 3.33. The van der Waals surface area contributed by atoms with Gasteiger partial charge in [-0.25, -0.2) is 0 Å². The van der Waals surface area contributed by atoms with Gasteiger partial charge in [-0.3, -0.25) is 0 Å². The van der Waals surface area contributed by atoms with Crippen LogP contribution in [0.4, 0.5) is 0 Å². The highest BCUT2D eigenvalue weighted by atomic mass is 16.5. The highest BCUT2D eigenvalue weighted by Crippen LogP contribution is 2.12. The SMILES string of the molecule is CCCCCCCCCCCCCCCOCC(C)OCc1ccccc1. The Hall–Kier alpha value is -0.860. The molecule has 0 aliphatic carbocycles. The van der Waals surface area contributed by atoms with E-state index in [-0.39, 0.29) is 6.10 Å². The van der Waals surface area contributed by atoms with Gasteiger partial charge in [-0.05, 0) is 18.9 Å². The molecule has 0 spiro atoms. The second-order valence-electron chi connectivity index (χ2n) is 7.92. The molecule has 27 heavy (non-hydrogen) atoms. The summed E-state index contributed by atoms with van der Waals surface area (Å²) in [6, 6.07) is 10.3. The van der Waals surface area contributed by atoms with Crippen molar-refractivity contribution < 1.29 is 9.47 Å². The van der Waals surface area contributed by atoms with Crippen LogP contribution in [0.1, 0.15) is 103 Å². The molecule has 2 nitrogen and oxygen atoms in total. The first-order chi connectivity index (χ1) is 13.3. The molecular weight excluding hydrogens is 332 g/mol. The van der Waals surface area contributed by atoms with Gasteiger partial charge in [0, 0.05) is 6.61 Å². The maximum absolute atomic E-state index is 5.82. The lowest BCUT2D eigenvalue weighted by Gasteiger charge is -2.13. The summed E-state index contributed by atoms with van der Waals surface area (Å²) < 4.78 is 11.6. The Bertz CT molecular complexity index is 404. The Morgan fingerprint density at radius 3 is 1.78 bits per heavy atom. The van der Waals surface area contributed by atoms with Crippen LogP contribution in [-0.2, 0) is 16.1 Å². The molecule has 1 aromatic rings. The van der Waals surface area contributed by atoms with Gasteiger partial charge in [-0.2, -0.15) is 0 Å². The summed E-state index contributed by atoms with van der Waals surface area (Å²) >= 11 is 0.